The fourth-order valence-electron chi connectivity index (χ4n) is 2.70. The number of rotatable bonds is 7. The highest BCUT2D eigenvalue weighted by Gasteiger charge is 2.22. The Morgan fingerprint density at radius 3 is 2.33 bits per heavy atom. The second kappa shape index (κ2) is 10.4. The van der Waals surface area contributed by atoms with Gasteiger partial charge in [0.05, 0.1) is 12.1 Å². The highest BCUT2D eigenvalue weighted by molar-refractivity contribution is 7.87. The van der Waals surface area contributed by atoms with E-state index >= 15 is 0 Å². The lowest BCUT2D eigenvalue weighted by Crippen LogP contribution is -2.14. The largest absolute Gasteiger partial charge is 0.497 e. The summed E-state index contributed by atoms with van der Waals surface area (Å²) in [5, 5.41) is 12.2. The van der Waals surface area contributed by atoms with E-state index in [1.54, 1.807) is 36.4 Å². The number of hydrogen-bond donors (Lipinski definition) is 1. The molecule has 0 saturated carbocycles. The molecule has 3 rings (SSSR count). The Bertz CT molecular complexity index is 1350. The number of anilines is 1. The first-order valence-electron chi connectivity index (χ1n) is 9.29. The van der Waals surface area contributed by atoms with E-state index in [-0.39, 0.29) is 31.8 Å². The van der Waals surface area contributed by atoms with Gasteiger partial charge >= 0.3 is 10.1 Å². The topological polar surface area (TPSA) is 105 Å². The van der Waals surface area contributed by atoms with Crippen LogP contribution in [0.5, 0.6) is 11.5 Å². The first kappa shape index (κ1) is 24.1. The van der Waals surface area contributed by atoms with Gasteiger partial charge in [0, 0.05) is 16.3 Å². The van der Waals surface area contributed by atoms with Crippen LogP contribution in [0, 0.1) is 11.3 Å². The van der Waals surface area contributed by atoms with Gasteiger partial charge in [0.25, 0.3) is 5.91 Å². The SMILES string of the molecule is COc1ccc(NC(=O)/C(C#N)=C/c2cc(Cl)cc(Cl)c2OS(=O)(=O)c2ccccc2)cc1. The third-order valence-corrected chi connectivity index (χ3v) is 6.01. The van der Waals surface area contributed by atoms with Crippen molar-refractivity contribution < 1.29 is 22.1 Å². The van der Waals surface area contributed by atoms with Crippen molar-refractivity contribution in [1.29, 1.82) is 5.26 Å². The number of hydrogen-bond acceptors (Lipinski definition) is 6. The first-order chi connectivity index (χ1) is 15.7. The minimum Gasteiger partial charge on any atom is -0.497 e. The van der Waals surface area contributed by atoms with E-state index in [1.807, 2.05) is 0 Å². The van der Waals surface area contributed by atoms with Crippen LogP contribution in [0.4, 0.5) is 5.69 Å². The maximum Gasteiger partial charge on any atom is 0.339 e. The number of nitrogens with one attached hydrogen (secondary N) is 1. The fourth-order valence-corrected chi connectivity index (χ4v) is 4.28. The molecule has 0 aliphatic carbocycles. The Morgan fingerprint density at radius 2 is 1.73 bits per heavy atom. The van der Waals surface area contributed by atoms with Crippen LogP contribution < -0.4 is 14.2 Å². The summed E-state index contributed by atoms with van der Waals surface area (Å²) in [7, 11) is -2.73. The molecule has 168 valence electrons. The zero-order valence-corrected chi connectivity index (χ0v) is 19.4. The molecule has 0 saturated heterocycles. The number of nitriles is 1. The molecule has 7 nitrogen and oxygen atoms in total. The third-order valence-electron chi connectivity index (χ3n) is 4.27. The molecule has 0 aliphatic heterocycles. The van der Waals surface area contributed by atoms with Gasteiger partial charge in [-0.05, 0) is 54.6 Å². The molecule has 0 heterocycles. The van der Waals surface area contributed by atoms with Gasteiger partial charge in [-0.2, -0.15) is 13.7 Å². The molecular weight excluding hydrogens is 487 g/mol. The molecule has 0 aliphatic rings. The Labute approximate surface area is 200 Å². The van der Waals surface area contributed by atoms with Gasteiger partial charge in [0.15, 0.2) is 5.75 Å². The summed E-state index contributed by atoms with van der Waals surface area (Å²) in [4.78, 5) is 12.5. The maximum atomic E-state index is 12.7. The Hall–Kier alpha value is -3.51. The summed E-state index contributed by atoms with van der Waals surface area (Å²) in [6, 6.07) is 18.3. The van der Waals surface area contributed by atoms with Gasteiger partial charge in [0.1, 0.15) is 22.3 Å². The standard InChI is InChI=1S/C23H16Cl2N2O5S/c1-31-19-9-7-18(8-10-19)27-23(28)16(14-26)11-15-12-17(24)13-21(25)22(15)32-33(29,30)20-5-3-2-4-6-20/h2-13H,1H3,(H,27,28)/b16-11+. The van der Waals surface area contributed by atoms with Crippen LogP contribution in [-0.4, -0.2) is 21.4 Å². The van der Waals surface area contributed by atoms with E-state index in [4.69, 9.17) is 32.1 Å². The summed E-state index contributed by atoms with van der Waals surface area (Å²) < 4.78 is 35.7. The number of carbonyl (C=O) groups excluding carboxylic acids is 1. The van der Waals surface area contributed by atoms with Gasteiger partial charge in [0.2, 0.25) is 0 Å². The average molecular weight is 503 g/mol. The minimum absolute atomic E-state index is 0.0356. The Kier molecular flexibility index (Phi) is 7.61. The van der Waals surface area contributed by atoms with E-state index in [0.29, 0.717) is 11.4 Å². The number of halogens is 2. The summed E-state index contributed by atoms with van der Waals surface area (Å²) in [6.45, 7) is 0. The van der Waals surface area contributed by atoms with Crippen LogP contribution in [0.3, 0.4) is 0 Å². The van der Waals surface area contributed by atoms with Crippen LogP contribution >= 0.6 is 23.2 Å². The molecule has 10 heteroatoms. The van der Waals surface area contributed by atoms with Crippen LogP contribution in [0.2, 0.25) is 10.0 Å². The Morgan fingerprint density at radius 1 is 1.06 bits per heavy atom. The molecule has 0 atom stereocenters. The average Bonchev–Trinajstić information content (AvgIpc) is 2.80. The quantitative estimate of drug-likeness (QED) is 0.266. The molecule has 0 aromatic heterocycles. The van der Waals surface area contributed by atoms with Crippen molar-refractivity contribution in [3.63, 3.8) is 0 Å². The zero-order chi connectivity index (χ0) is 24.0. The molecule has 0 spiro atoms. The van der Waals surface area contributed by atoms with Crippen molar-refractivity contribution in [2.24, 2.45) is 0 Å². The highest BCUT2D eigenvalue weighted by atomic mass is 35.5. The predicted molar refractivity (Wildman–Crippen MR) is 126 cm³/mol. The number of benzene rings is 3. The highest BCUT2D eigenvalue weighted by Crippen LogP contribution is 2.36. The summed E-state index contributed by atoms with van der Waals surface area (Å²) in [5.74, 6) is -0.399. The van der Waals surface area contributed by atoms with Crippen LogP contribution in [-0.2, 0) is 14.9 Å². The fraction of sp³-hybridized carbons (Fsp3) is 0.0435. The summed E-state index contributed by atoms with van der Waals surface area (Å²) >= 11 is 12.3. The van der Waals surface area contributed by atoms with E-state index in [0.717, 1.165) is 6.08 Å². The van der Waals surface area contributed by atoms with Crippen LogP contribution in [0.15, 0.2) is 77.2 Å². The lowest BCUT2D eigenvalue weighted by molar-refractivity contribution is -0.112. The van der Waals surface area contributed by atoms with Gasteiger partial charge < -0.3 is 14.2 Å². The van der Waals surface area contributed by atoms with Gasteiger partial charge in [-0.15, -0.1) is 0 Å². The molecule has 0 bridgehead atoms. The number of ether oxygens (including phenoxy) is 1. The van der Waals surface area contributed by atoms with Gasteiger partial charge in [-0.3, -0.25) is 4.79 Å². The molecule has 3 aromatic rings. The smallest absolute Gasteiger partial charge is 0.339 e. The minimum atomic E-state index is -4.24. The second-order valence-corrected chi connectivity index (χ2v) is 8.90. The molecule has 3 aromatic carbocycles. The lowest BCUT2D eigenvalue weighted by atomic mass is 10.1. The summed E-state index contributed by atoms with van der Waals surface area (Å²) in [5.41, 5.74) is 0.133. The van der Waals surface area contributed by atoms with Crippen molar-refractivity contribution in [2.75, 3.05) is 12.4 Å². The van der Waals surface area contributed by atoms with Crippen molar-refractivity contribution >= 4 is 51.0 Å². The molecule has 1 amide bonds. The van der Waals surface area contributed by atoms with Crippen LogP contribution in [0.25, 0.3) is 6.08 Å². The zero-order valence-electron chi connectivity index (χ0n) is 17.1. The van der Waals surface area contributed by atoms with Crippen molar-refractivity contribution in [1.82, 2.24) is 0 Å². The maximum absolute atomic E-state index is 12.7. The Balaban J connectivity index is 1.96. The van der Waals surface area contributed by atoms with Crippen molar-refractivity contribution in [3.05, 3.63) is 87.9 Å². The first-order valence-corrected chi connectivity index (χ1v) is 11.5. The monoisotopic (exact) mass is 502 g/mol. The molecular formula is C23H16Cl2N2O5S. The van der Waals surface area contributed by atoms with Gasteiger partial charge in [-0.1, -0.05) is 41.4 Å². The van der Waals surface area contributed by atoms with E-state index in [2.05, 4.69) is 5.32 Å². The number of carbonyl (C=O) groups is 1. The van der Waals surface area contributed by atoms with E-state index in [9.17, 15) is 18.5 Å². The lowest BCUT2D eigenvalue weighted by Gasteiger charge is -2.12. The number of methoxy groups -OCH3 is 1. The number of amides is 1. The summed E-state index contributed by atoms with van der Waals surface area (Å²) in [6.07, 6.45) is 1.15. The molecule has 33 heavy (non-hydrogen) atoms. The molecule has 0 fully saturated rings. The normalized spacial score (nSPS) is 11.4. The predicted octanol–water partition coefficient (Wildman–Crippen LogP) is 5.32. The second-order valence-electron chi connectivity index (χ2n) is 6.51. The molecule has 1 N–H and O–H groups in total. The van der Waals surface area contributed by atoms with E-state index in [1.165, 1.54) is 43.5 Å². The number of nitrogens with zero attached hydrogens (tertiary/aromatic N) is 1. The van der Waals surface area contributed by atoms with E-state index < -0.39 is 16.0 Å². The van der Waals surface area contributed by atoms with Gasteiger partial charge in [-0.25, -0.2) is 0 Å². The third kappa shape index (κ3) is 6.05. The molecule has 0 unspecified atom stereocenters. The molecule has 0 radical (unpaired) electrons. The van der Waals surface area contributed by atoms with Crippen molar-refractivity contribution in [3.8, 4) is 17.6 Å². The van der Waals surface area contributed by atoms with Crippen LogP contribution in [0.1, 0.15) is 5.56 Å². The van der Waals surface area contributed by atoms with Crippen molar-refractivity contribution in [2.45, 2.75) is 4.90 Å².